The number of ether oxygens (including phenoxy) is 2. The van der Waals surface area contributed by atoms with Crippen LogP contribution in [0.3, 0.4) is 0 Å². The van der Waals surface area contributed by atoms with Crippen molar-refractivity contribution in [2.75, 3.05) is 13.2 Å². The van der Waals surface area contributed by atoms with Crippen LogP contribution in [0.25, 0.3) is 11.3 Å². The summed E-state index contributed by atoms with van der Waals surface area (Å²) in [4.78, 5) is 10.9. The van der Waals surface area contributed by atoms with Crippen LogP contribution in [-0.4, -0.2) is 29.4 Å². The van der Waals surface area contributed by atoms with Crippen LogP contribution in [0.2, 0.25) is 0 Å². The molecule has 2 aromatic rings. The number of aromatic carboxylic acids is 1. The second kappa shape index (κ2) is 4.56. The van der Waals surface area contributed by atoms with Gasteiger partial charge < -0.3 is 19.1 Å². The second-order valence-corrected chi connectivity index (χ2v) is 4.60. The number of benzene rings is 1. The lowest BCUT2D eigenvalue weighted by Crippen LogP contribution is -2.17. The van der Waals surface area contributed by atoms with E-state index in [2.05, 4.69) is 5.16 Å². The van der Waals surface area contributed by atoms with Gasteiger partial charge in [-0.25, -0.2) is 4.79 Å². The fourth-order valence-corrected chi connectivity index (χ4v) is 2.15. The third-order valence-electron chi connectivity index (χ3n) is 3.31. The minimum Gasteiger partial charge on any atom is -0.486 e. The first-order valence-electron chi connectivity index (χ1n) is 6.18. The number of aromatic nitrogens is 1. The van der Waals surface area contributed by atoms with Crippen molar-refractivity contribution in [3.05, 3.63) is 29.0 Å². The van der Waals surface area contributed by atoms with Gasteiger partial charge >= 0.3 is 5.97 Å². The van der Waals surface area contributed by atoms with Gasteiger partial charge in [0.15, 0.2) is 23.0 Å². The van der Waals surface area contributed by atoms with Gasteiger partial charge in [-0.15, -0.1) is 0 Å². The first-order valence-corrected chi connectivity index (χ1v) is 6.18. The van der Waals surface area contributed by atoms with E-state index in [1.165, 1.54) is 6.07 Å². The minimum absolute atomic E-state index is 0.135. The third-order valence-corrected chi connectivity index (χ3v) is 3.31. The molecule has 0 atom stereocenters. The van der Waals surface area contributed by atoms with E-state index in [1.807, 2.05) is 19.9 Å². The van der Waals surface area contributed by atoms with E-state index in [9.17, 15) is 4.79 Å². The van der Waals surface area contributed by atoms with E-state index < -0.39 is 5.97 Å². The molecule has 104 valence electrons. The molecule has 1 N–H and O–H groups in total. The van der Waals surface area contributed by atoms with Crippen LogP contribution in [0, 0.1) is 13.8 Å². The number of hydrogen-bond acceptors (Lipinski definition) is 5. The number of hydrogen-bond donors (Lipinski definition) is 1. The molecule has 0 spiro atoms. The number of aryl methyl sites for hydroxylation is 1. The molecule has 0 amide bonds. The largest absolute Gasteiger partial charge is 0.486 e. The van der Waals surface area contributed by atoms with Gasteiger partial charge in [-0.1, -0.05) is 5.16 Å². The molecule has 0 bridgehead atoms. The quantitative estimate of drug-likeness (QED) is 0.906. The molecule has 0 fully saturated rings. The molecule has 1 aliphatic heterocycles. The standard InChI is InChI=1S/C14H13NO5/c1-7-5-9(11-6-10(14(16)17)15-20-11)13-12(8(7)2)18-3-4-19-13/h5-6H,3-4H2,1-2H3,(H,16,17). The molecule has 6 heteroatoms. The predicted octanol–water partition coefficient (Wildman–Crippen LogP) is 2.43. The monoisotopic (exact) mass is 275 g/mol. The summed E-state index contributed by atoms with van der Waals surface area (Å²) < 4.78 is 16.4. The summed E-state index contributed by atoms with van der Waals surface area (Å²) >= 11 is 0. The van der Waals surface area contributed by atoms with Gasteiger partial charge in [-0.3, -0.25) is 0 Å². The molecular formula is C14H13NO5. The maximum atomic E-state index is 10.9. The molecule has 0 saturated carbocycles. The highest BCUT2D eigenvalue weighted by atomic mass is 16.6. The number of rotatable bonds is 2. The zero-order valence-electron chi connectivity index (χ0n) is 11.1. The summed E-state index contributed by atoms with van der Waals surface area (Å²) in [5, 5.41) is 12.4. The number of nitrogens with zero attached hydrogens (tertiary/aromatic N) is 1. The van der Waals surface area contributed by atoms with E-state index in [1.54, 1.807) is 0 Å². The van der Waals surface area contributed by atoms with Gasteiger partial charge in [0.25, 0.3) is 0 Å². The van der Waals surface area contributed by atoms with E-state index in [0.717, 1.165) is 11.1 Å². The number of carboxylic acids is 1. The Bertz CT molecular complexity index is 689. The lowest BCUT2D eigenvalue weighted by molar-refractivity contribution is 0.0686. The van der Waals surface area contributed by atoms with E-state index in [-0.39, 0.29) is 5.69 Å². The summed E-state index contributed by atoms with van der Waals surface area (Å²) in [6.45, 7) is 4.84. The van der Waals surface area contributed by atoms with Crippen LogP contribution < -0.4 is 9.47 Å². The van der Waals surface area contributed by atoms with Gasteiger partial charge in [0.2, 0.25) is 0 Å². The van der Waals surface area contributed by atoms with Crippen molar-refractivity contribution < 1.29 is 23.9 Å². The Labute approximate surface area is 114 Å². The van der Waals surface area contributed by atoms with Crippen molar-refractivity contribution in [3.8, 4) is 22.8 Å². The average Bonchev–Trinajstić information content (AvgIpc) is 2.93. The number of carbonyl (C=O) groups is 1. The SMILES string of the molecule is Cc1cc(-c2cc(C(=O)O)no2)c2c(c1C)OCCO2. The maximum Gasteiger partial charge on any atom is 0.358 e. The van der Waals surface area contributed by atoms with Crippen molar-refractivity contribution >= 4 is 5.97 Å². The summed E-state index contributed by atoms with van der Waals surface area (Å²) in [5.74, 6) is 0.481. The van der Waals surface area contributed by atoms with E-state index in [0.29, 0.717) is 36.0 Å². The summed E-state index contributed by atoms with van der Waals surface area (Å²) in [7, 11) is 0. The Hall–Kier alpha value is -2.50. The topological polar surface area (TPSA) is 81.8 Å². The van der Waals surface area contributed by atoms with Gasteiger partial charge in [-0.05, 0) is 31.0 Å². The Morgan fingerprint density at radius 3 is 2.55 bits per heavy atom. The fraction of sp³-hybridized carbons (Fsp3) is 0.286. The highest BCUT2D eigenvalue weighted by Gasteiger charge is 2.24. The van der Waals surface area contributed by atoms with Crippen molar-refractivity contribution in [2.45, 2.75) is 13.8 Å². The Morgan fingerprint density at radius 1 is 1.20 bits per heavy atom. The van der Waals surface area contributed by atoms with Crippen molar-refractivity contribution in [1.82, 2.24) is 5.16 Å². The zero-order chi connectivity index (χ0) is 14.3. The molecule has 0 aliphatic carbocycles. The molecule has 3 rings (SSSR count). The lowest BCUT2D eigenvalue weighted by Gasteiger charge is -2.23. The molecule has 1 aromatic carbocycles. The van der Waals surface area contributed by atoms with E-state index in [4.69, 9.17) is 19.1 Å². The zero-order valence-corrected chi connectivity index (χ0v) is 11.1. The summed E-state index contributed by atoms with van der Waals surface area (Å²) in [5.41, 5.74) is 2.53. The van der Waals surface area contributed by atoms with Crippen LogP contribution in [0.15, 0.2) is 16.7 Å². The molecule has 6 nitrogen and oxygen atoms in total. The van der Waals surface area contributed by atoms with Gasteiger partial charge in [-0.2, -0.15) is 0 Å². The molecule has 1 aromatic heterocycles. The molecule has 0 unspecified atom stereocenters. The van der Waals surface area contributed by atoms with Crippen LogP contribution >= 0.6 is 0 Å². The lowest BCUT2D eigenvalue weighted by atomic mass is 10.0. The van der Waals surface area contributed by atoms with Crippen molar-refractivity contribution in [3.63, 3.8) is 0 Å². The van der Waals surface area contributed by atoms with Gasteiger partial charge in [0.05, 0.1) is 5.56 Å². The molecule has 2 heterocycles. The Balaban J connectivity index is 2.17. The fourth-order valence-electron chi connectivity index (χ4n) is 2.15. The molecule has 1 aliphatic rings. The van der Waals surface area contributed by atoms with Gasteiger partial charge in [0.1, 0.15) is 13.2 Å². The summed E-state index contributed by atoms with van der Waals surface area (Å²) in [6, 6.07) is 3.26. The van der Waals surface area contributed by atoms with Crippen molar-refractivity contribution in [1.29, 1.82) is 0 Å². The Kier molecular flexibility index (Phi) is 2.85. The molecule has 20 heavy (non-hydrogen) atoms. The average molecular weight is 275 g/mol. The predicted molar refractivity (Wildman–Crippen MR) is 69.4 cm³/mol. The highest BCUT2D eigenvalue weighted by Crippen LogP contribution is 2.43. The third kappa shape index (κ3) is 1.89. The minimum atomic E-state index is -1.13. The number of carboxylic acid groups (broad SMARTS) is 1. The van der Waals surface area contributed by atoms with Crippen LogP contribution in [0.5, 0.6) is 11.5 Å². The number of fused-ring (bicyclic) bond motifs is 1. The molecular weight excluding hydrogens is 262 g/mol. The van der Waals surface area contributed by atoms with Crippen LogP contribution in [-0.2, 0) is 0 Å². The van der Waals surface area contributed by atoms with Gasteiger partial charge in [0, 0.05) is 6.07 Å². The second-order valence-electron chi connectivity index (χ2n) is 4.60. The van der Waals surface area contributed by atoms with Crippen molar-refractivity contribution in [2.24, 2.45) is 0 Å². The summed E-state index contributed by atoms with van der Waals surface area (Å²) in [6.07, 6.45) is 0. The van der Waals surface area contributed by atoms with Crippen LogP contribution in [0.1, 0.15) is 21.6 Å². The molecule has 0 radical (unpaired) electrons. The Morgan fingerprint density at radius 2 is 1.90 bits per heavy atom. The first kappa shape index (κ1) is 12.5. The highest BCUT2D eigenvalue weighted by molar-refractivity contribution is 5.87. The van der Waals surface area contributed by atoms with E-state index >= 15 is 0 Å². The first-order chi connectivity index (χ1) is 9.58. The smallest absolute Gasteiger partial charge is 0.358 e. The maximum absolute atomic E-state index is 10.9. The molecule has 0 saturated heterocycles. The normalized spacial score (nSPS) is 13.3. The van der Waals surface area contributed by atoms with Crippen LogP contribution in [0.4, 0.5) is 0 Å².